The molecule has 0 aromatic carbocycles. The lowest BCUT2D eigenvalue weighted by Gasteiger charge is -2.06. The summed E-state index contributed by atoms with van der Waals surface area (Å²) in [5.74, 6) is 0.0181. The normalized spacial score (nSPS) is 11.3. The van der Waals surface area contributed by atoms with Crippen LogP contribution in [0.2, 0.25) is 0 Å². The monoisotopic (exact) mass is 523 g/mol. The van der Waals surface area contributed by atoms with E-state index in [-0.39, 0.29) is 5.97 Å². The predicted octanol–water partition coefficient (Wildman–Crippen LogP) is 12.7. The lowest BCUT2D eigenvalue weighted by Crippen LogP contribution is -2.05. The van der Waals surface area contributed by atoms with Gasteiger partial charge in [0.25, 0.3) is 0 Å². The van der Waals surface area contributed by atoms with E-state index in [2.05, 4.69) is 13.8 Å². The molecule has 0 aliphatic heterocycles. The van der Waals surface area contributed by atoms with Crippen molar-refractivity contribution < 1.29 is 9.53 Å². The van der Waals surface area contributed by atoms with E-state index in [0.717, 1.165) is 12.8 Å². The van der Waals surface area contributed by atoms with Crippen LogP contribution < -0.4 is 0 Å². The highest BCUT2D eigenvalue weighted by Gasteiger charge is 2.02. The summed E-state index contributed by atoms with van der Waals surface area (Å²) in [5.41, 5.74) is 0. The summed E-state index contributed by atoms with van der Waals surface area (Å²) in [6.07, 6.45) is 41.9. The van der Waals surface area contributed by atoms with Crippen molar-refractivity contribution in [3.8, 4) is 0 Å². The number of rotatable bonds is 32. The highest BCUT2D eigenvalue weighted by atomic mass is 16.5. The highest BCUT2D eigenvalue weighted by Crippen LogP contribution is 2.16. The van der Waals surface area contributed by atoms with Gasteiger partial charge in [-0.3, -0.25) is 4.79 Å². The molecule has 2 nitrogen and oxygen atoms in total. The third-order valence-corrected chi connectivity index (χ3v) is 8.00. The maximum absolute atomic E-state index is 11.7. The molecule has 0 amide bonds. The zero-order valence-electron chi connectivity index (χ0n) is 25.9. The summed E-state index contributed by atoms with van der Waals surface area (Å²) in [6, 6.07) is 0. The van der Waals surface area contributed by atoms with E-state index in [9.17, 15) is 4.79 Å². The molecular weight excluding hydrogens is 452 g/mol. The quantitative estimate of drug-likeness (QED) is 0.0648. The Morgan fingerprint density at radius 2 is 0.595 bits per heavy atom. The van der Waals surface area contributed by atoms with Crippen molar-refractivity contribution in [3.05, 3.63) is 0 Å². The molecule has 0 N–H and O–H groups in total. The molecule has 2 heteroatoms. The third-order valence-electron chi connectivity index (χ3n) is 8.00. The molecule has 0 fully saturated rings. The Morgan fingerprint density at radius 3 is 0.892 bits per heavy atom. The predicted molar refractivity (Wildman–Crippen MR) is 165 cm³/mol. The van der Waals surface area contributed by atoms with Crippen molar-refractivity contribution in [1.29, 1.82) is 0 Å². The van der Waals surface area contributed by atoms with Gasteiger partial charge < -0.3 is 4.74 Å². The van der Waals surface area contributed by atoms with E-state index < -0.39 is 0 Å². The Morgan fingerprint density at radius 1 is 0.351 bits per heavy atom. The Kier molecular flexibility index (Phi) is 33.0. The van der Waals surface area contributed by atoms with Crippen LogP contribution in [0.4, 0.5) is 0 Å². The van der Waals surface area contributed by atoms with Gasteiger partial charge in [-0.25, -0.2) is 0 Å². The van der Waals surface area contributed by atoms with E-state index in [4.69, 9.17) is 4.74 Å². The van der Waals surface area contributed by atoms with Crippen molar-refractivity contribution in [1.82, 2.24) is 0 Å². The Labute approximate surface area is 234 Å². The fraction of sp³-hybridized carbons (Fsp3) is 0.971. The van der Waals surface area contributed by atoms with Gasteiger partial charge in [0, 0.05) is 6.42 Å². The molecule has 0 atom stereocenters. The van der Waals surface area contributed by atoms with Crippen molar-refractivity contribution in [2.24, 2.45) is 0 Å². The summed E-state index contributed by atoms with van der Waals surface area (Å²) in [6.45, 7) is 5.17. The van der Waals surface area contributed by atoms with E-state index in [1.54, 1.807) is 0 Å². The summed E-state index contributed by atoms with van der Waals surface area (Å²) < 4.78 is 5.38. The number of hydrogen-bond donors (Lipinski definition) is 0. The molecule has 0 rings (SSSR count). The van der Waals surface area contributed by atoms with Crippen molar-refractivity contribution in [2.45, 2.75) is 213 Å². The van der Waals surface area contributed by atoms with Crippen LogP contribution in [-0.2, 0) is 9.53 Å². The standard InChI is InChI=1S/C35H70O2/c1-3-5-7-9-11-12-13-14-15-16-17-18-19-20-21-22-23-24-25-26-27-28-30-32-34-37-35(36)33-31-29-10-8-6-4-2/h3-34H2,1-2H3. The summed E-state index contributed by atoms with van der Waals surface area (Å²) in [5, 5.41) is 0. The molecule has 0 aromatic heterocycles. The minimum Gasteiger partial charge on any atom is -0.466 e. The van der Waals surface area contributed by atoms with Crippen LogP contribution in [0.1, 0.15) is 213 Å². The second-order valence-corrected chi connectivity index (χ2v) is 11.9. The van der Waals surface area contributed by atoms with Crippen molar-refractivity contribution >= 4 is 5.97 Å². The van der Waals surface area contributed by atoms with Crippen LogP contribution in [0, 0.1) is 0 Å². The lowest BCUT2D eigenvalue weighted by atomic mass is 10.0. The first-order valence-corrected chi connectivity index (χ1v) is 17.5. The van der Waals surface area contributed by atoms with Crippen LogP contribution >= 0.6 is 0 Å². The van der Waals surface area contributed by atoms with E-state index >= 15 is 0 Å². The molecule has 0 heterocycles. The fourth-order valence-corrected chi connectivity index (χ4v) is 5.37. The van der Waals surface area contributed by atoms with Gasteiger partial charge in [0.2, 0.25) is 0 Å². The minimum absolute atomic E-state index is 0.0181. The fourth-order valence-electron chi connectivity index (χ4n) is 5.37. The number of carbonyl (C=O) groups is 1. The molecule has 0 aliphatic carbocycles. The van der Waals surface area contributed by atoms with Gasteiger partial charge in [-0.15, -0.1) is 0 Å². The molecule has 0 aromatic rings. The van der Waals surface area contributed by atoms with Crippen molar-refractivity contribution in [2.75, 3.05) is 6.61 Å². The molecule has 0 saturated carbocycles. The van der Waals surface area contributed by atoms with Crippen LogP contribution in [0.3, 0.4) is 0 Å². The largest absolute Gasteiger partial charge is 0.466 e. The zero-order valence-corrected chi connectivity index (χ0v) is 25.9. The maximum Gasteiger partial charge on any atom is 0.305 e. The second kappa shape index (κ2) is 33.5. The number of unbranched alkanes of at least 4 members (excludes halogenated alkanes) is 28. The number of ether oxygens (including phenoxy) is 1. The molecule has 0 aliphatic rings. The third kappa shape index (κ3) is 33.4. The minimum atomic E-state index is 0.0181. The molecule has 0 radical (unpaired) electrons. The number of esters is 1. The smallest absolute Gasteiger partial charge is 0.305 e. The van der Waals surface area contributed by atoms with E-state index in [1.165, 1.54) is 180 Å². The topological polar surface area (TPSA) is 26.3 Å². The van der Waals surface area contributed by atoms with Gasteiger partial charge in [0.1, 0.15) is 0 Å². The zero-order chi connectivity index (χ0) is 26.9. The summed E-state index contributed by atoms with van der Waals surface area (Å²) in [7, 11) is 0. The van der Waals surface area contributed by atoms with Gasteiger partial charge in [0.05, 0.1) is 6.61 Å². The van der Waals surface area contributed by atoms with E-state index in [0.29, 0.717) is 13.0 Å². The first kappa shape index (κ1) is 36.5. The average molecular weight is 523 g/mol. The van der Waals surface area contributed by atoms with Gasteiger partial charge in [0.15, 0.2) is 0 Å². The Bertz CT molecular complexity index is 419. The van der Waals surface area contributed by atoms with Gasteiger partial charge in [-0.2, -0.15) is 0 Å². The van der Waals surface area contributed by atoms with Gasteiger partial charge >= 0.3 is 5.97 Å². The second-order valence-electron chi connectivity index (χ2n) is 11.9. The number of hydrogen-bond acceptors (Lipinski definition) is 2. The summed E-state index contributed by atoms with van der Waals surface area (Å²) in [4.78, 5) is 11.7. The first-order chi connectivity index (χ1) is 18.3. The molecule has 37 heavy (non-hydrogen) atoms. The maximum atomic E-state index is 11.7. The lowest BCUT2D eigenvalue weighted by molar-refractivity contribution is -0.143. The molecule has 0 bridgehead atoms. The van der Waals surface area contributed by atoms with Crippen LogP contribution in [0.5, 0.6) is 0 Å². The number of carbonyl (C=O) groups excluding carboxylic acids is 1. The molecule has 0 saturated heterocycles. The Hall–Kier alpha value is -0.530. The molecule has 0 unspecified atom stereocenters. The summed E-state index contributed by atoms with van der Waals surface area (Å²) >= 11 is 0. The average Bonchev–Trinajstić information content (AvgIpc) is 2.90. The SMILES string of the molecule is CCCCCCCCCCCCCCCCCCCCCCCCCCOC(=O)CCCCCCCC. The van der Waals surface area contributed by atoms with E-state index in [1.807, 2.05) is 0 Å². The highest BCUT2D eigenvalue weighted by molar-refractivity contribution is 5.69. The molecular formula is C35H70O2. The van der Waals surface area contributed by atoms with Gasteiger partial charge in [-0.05, 0) is 12.8 Å². The van der Waals surface area contributed by atoms with Crippen molar-refractivity contribution in [3.63, 3.8) is 0 Å². The van der Waals surface area contributed by atoms with Crippen LogP contribution in [0.25, 0.3) is 0 Å². The molecule has 222 valence electrons. The van der Waals surface area contributed by atoms with Crippen LogP contribution in [-0.4, -0.2) is 12.6 Å². The Balaban J connectivity index is 3.09. The molecule has 0 spiro atoms. The van der Waals surface area contributed by atoms with Crippen LogP contribution in [0.15, 0.2) is 0 Å². The first-order valence-electron chi connectivity index (χ1n) is 17.5. The van der Waals surface area contributed by atoms with Gasteiger partial charge in [-0.1, -0.05) is 194 Å².